The summed E-state index contributed by atoms with van der Waals surface area (Å²) in [6.07, 6.45) is 1.63. The minimum atomic E-state index is -0.127. The Morgan fingerprint density at radius 3 is 2.35 bits per heavy atom. The highest BCUT2D eigenvalue weighted by molar-refractivity contribution is 5.94. The molecule has 178 valence electrons. The van der Waals surface area contributed by atoms with E-state index in [1.54, 1.807) is 25.4 Å². The number of carbonyl (C=O) groups is 2. The number of carbonyl (C=O) groups excluding carboxylic acids is 2. The van der Waals surface area contributed by atoms with Gasteiger partial charge in [-0.15, -0.1) is 0 Å². The van der Waals surface area contributed by atoms with Crippen molar-refractivity contribution in [2.45, 2.75) is 13.1 Å². The standard InChI is InChI=1S/C26H30N4O4/c1-27-26(32)21-6-4-20(5-7-21)17-29(18-24-3-2-14-34-24)19-25(31)28-22-8-10-23(11-9-22)30-12-15-33-16-13-30/h2-11,14H,12-13,15-19H2,1H3,(H,27,32)(H,28,31). The van der Waals surface area contributed by atoms with Crippen LogP contribution in [-0.4, -0.2) is 56.6 Å². The molecule has 8 nitrogen and oxygen atoms in total. The third-order valence-corrected chi connectivity index (χ3v) is 5.70. The third-order valence-electron chi connectivity index (χ3n) is 5.70. The minimum absolute atomic E-state index is 0.104. The highest BCUT2D eigenvalue weighted by atomic mass is 16.5. The molecule has 0 atom stereocenters. The maximum atomic E-state index is 12.8. The normalized spacial score (nSPS) is 13.6. The summed E-state index contributed by atoms with van der Waals surface area (Å²) in [7, 11) is 1.61. The minimum Gasteiger partial charge on any atom is -0.468 e. The van der Waals surface area contributed by atoms with Crippen molar-refractivity contribution in [3.8, 4) is 0 Å². The number of ether oxygens (including phenoxy) is 1. The largest absolute Gasteiger partial charge is 0.468 e. The van der Waals surface area contributed by atoms with Crippen molar-refractivity contribution in [1.82, 2.24) is 10.2 Å². The predicted octanol–water partition coefficient (Wildman–Crippen LogP) is 3.12. The van der Waals surface area contributed by atoms with Crippen LogP contribution in [0.3, 0.4) is 0 Å². The summed E-state index contributed by atoms with van der Waals surface area (Å²) in [6.45, 7) is 4.45. The van der Waals surface area contributed by atoms with E-state index in [-0.39, 0.29) is 18.4 Å². The Labute approximate surface area is 199 Å². The molecule has 1 aliphatic rings. The summed E-state index contributed by atoms with van der Waals surface area (Å²) in [5, 5.41) is 5.61. The lowest BCUT2D eigenvalue weighted by atomic mass is 10.1. The van der Waals surface area contributed by atoms with Gasteiger partial charge in [-0.3, -0.25) is 14.5 Å². The third kappa shape index (κ3) is 6.46. The average Bonchev–Trinajstić information content (AvgIpc) is 3.38. The molecule has 0 saturated carbocycles. The second-order valence-electron chi connectivity index (χ2n) is 8.20. The number of rotatable bonds is 9. The first-order valence-electron chi connectivity index (χ1n) is 11.4. The second-order valence-corrected chi connectivity index (χ2v) is 8.20. The van der Waals surface area contributed by atoms with Crippen molar-refractivity contribution >= 4 is 23.2 Å². The zero-order valence-electron chi connectivity index (χ0n) is 19.3. The first kappa shape index (κ1) is 23.5. The van der Waals surface area contributed by atoms with Crippen LogP contribution in [0.5, 0.6) is 0 Å². The lowest BCUT2D eigenvalue weighted by Gasteiger charge is -2.29. The van der Waals surface area contributed by atoms with Gasteiger partial charge in [-0.2, -0.15) is 0 Å². The molecule has 0 spiro atoms. The molecule has 8 heteroatoms. The van der Waals surface area contributed by atoms with Gasteiger partial charge in [0.2, 0.25) is 5.91 Å². The molecular weight excluding hydrogens is 432 g/mol. The van der Waals surface area contributed by atoms with Crippen LogP contribution in [0.25, 0.3) is 0 Å². The number of benzene rings is 2. The monoisotopic (exact) mass is 462 g/mol. The molecule has 34 heavy (non-hydrogen) atoms. The van der Waals surface area contributed by atoms with Crippen LogP contribution in [0.15, 0.2) is 71.3 Å². The Bertz CT molecular complexity index is 1060. The summed E-state index contributed by atoms with van der Waals surface area (Å²) in [4.78, 5) is 28.9. The quantitative estimate of drug-likeness (QED) is 0.508. The van der Waals surface area contributed by atoms with E-state index in [0.717, 1.165) is 49.0 Å². The number of amides is 2. The molecule has 1 aromatic heterocycles. The molecule has 1 aliphatic heterocycles. The molecular formula is C26H30N4O4. The van der Waals surface area contributed by atoms with Crippen LogP contribution in [0.1, 0.15) is 21.7 Å². The topological polar surface area (TPSA) is 87.1 Å². The van der Waals surface area contributed by atoms with Gasteiger partial charge in [0.05, 0.1) is 32.6 Å². The summed E-state index contributed by atoms with van der Waals surface area (Å²) in [6, 6.07) is 19.0. The van der Waals surface area contributed by atoms with E-state index in [2.05, 4.69) is 15.5 Å². The van der Waals surface area contributed by atoms with Crippen molar-refractivity contribution in [2.24, 2.45) is 0 Å². The van der Waals surface area contributed by atoms with Crippen LogP contribution in [0.2, 0.25) is 0 Å². The zero-order chi connectivity index (χ0) is 23.8. The number of hydrogen-bond acceptors (Lipinski definition) is 6. The molecule has 2 heterocycles. The van der Waals surface area contributed by atoms with E-state index in [1.165, 1.54) is 0 Å². The first-order valence-corrected chi connectivity index (χ1v) is 11.4. The van der Waals surface area contributed by atoms with Gasteiger partial charge in [0.1, 0.15) is 5.76 Å². The number of hydrogen-bond donors (Lipinski definition) is 2. The van der Waals surface area contributed by atoms with Crippen molar-refractivity contribution in [1.29, 1.82) is 0 Å². The van der Waals surface area contributed by atoms with Gasteiger partial charge >= 0.3 is 0 Å². The van der Waals surface area contributed by atoms with Crippen LogP contribution in [-0.2, 0) is 22.6 Å². The lowest BCUT2D eigenvalue weighted by Crippen LogP contribution is -2.36. The Kier molecular flexibility index (Phi) is 7.95. The molecule has 0 radical (unpaired) electrons. The van der Waals surface area contributed by atoms with E-state index >= 15 is 0 Å². The van der Waals surface area contributed by atoms with Gasteiger partial charge < -0.3 is 24.7 Å². The molecule has 1 fully saturated rings. The number of anilines is 2. The molecule has 2 amide bonds. The van der Waals surface area contributed by atoms with Crippen molar-refractivity contribution in [2.75, 3.05) is 50.1 Å². The Morgan fingerprint density at radius 1 is 0.971 bits per heavy atom. The molecule has 2 aromatic carbocycles. The number of morpholine rings is 1. The molecule has 2 N–H and O–H groups in total. The van der Waals surface area contributed by atoms with Gasteiger partial charge in [0, 0.05) is 43.6 Å². The SMILES string of the molecule is CNC(=O)c1ccc(CN(CC(=O)Nc2ccc(N3CCOCC3)cc2)Cc2ccco2)cc1. The fraction of sp³-hybridized carbons (Fsp3) is 0.308. The fourth-order valence-electron chi connectivity index (χ4n) is 3.94. The van der Waals surface area contributed by atoms with Crippen LogP contribution in [0.4, 0.5) is 11.4 Å². The Hall–Kier alpha value is -3.62. The lowest BCUT2D eigenvalue weighted by molar-refractivity contribution is -0.117. The molecule has 4 rings (SSSR count). The predicted molar refractivity (Wildman–Crippen MR) is 131 cm³/mol. The Morgan fingerprint density at radius 2 is 1.71 bits per heavy atom. The number of furan rings is 1. The van der Waals surface area contributed by atoms with Crippen LogP contribution in [0, 0.1) is 0 Å². The van der Waals surface area contributed by atoms with Crippen molar-refractivity contribution in [3.63, 3.8) is 0 Å². The first-order chi connectivity index (χ1) is 16.6. The molecule has 1 saturated heterocycles. The van der Waals surface area contributed by atoms with Gasteiger partial charge in [0.25, 0.3) is 5.91 Å². The molecule has 0 aliphatic carbocycles. The number of nitrogens with zero attached hydrogens (tertiary/aromatic N) is 2. The fourth-order valence-corrected chi connectivity index (χ4v) is 3.94. The molecule has 0 unspecified atom stereocenters. The van der Waals surface area contributed by atoms with Gasteiger partial charge in [-0.25, -0.2) is 0 Å². The summed E-state index contributed by atoms with van der Waals surface area (Å²) >= 11 is 0. The van der Waals surface area contributed by atoms with E-state index in [0.29, 0.717) is 18.7 Å². The average molecular weight is 463 g/mol. The van der Waals surface area contributed by atoms with Gasteiger partial charge in [-0.1, -0.05) is 12.1 Å². The molecule has 3 aromatic rings. The smallest absolute Gasteiger partial charge is 0.251 e. The van der Waals surface area contributed by atoms with E-state index < -0.39 is 0 Å². The van der Waals surface area contributed by atoms with Crippen LogP contribution >= 0.6 is 0 Å². The zero-order valence-corrected chi connectivity index (χ0v) is 19.3. The van der Waals surface area contributed by atoms with Crippen molar-refractivity contribution in [3.05, 3.63) is 83.8 Å². The number of nitrogens with one attached hydrogen (secondary N) is 2. The van der Waals surface area contributed by atoms with E-state index in [9.17, 15) is 9.59 Å². The van der Waals surface area contributed by atoms with Crippen LogP contribution < -0.4 is 15.5 Å². The second kappa shape index (κ2) is 11.5. The highest BCUT2D eigenvalue weighted by Crippen LogP contribution is 2.19. The van der Waals surface area contributed by atoms with E-state index in [4.69, 9.17) is 9.15 Å². The maximum absolute atomic E-state index is 12.8. The Balaban J connectivity index is 1.38. The maximum Gasteiger partial charge on any atom is 0.251 e. The van der Waals surface area contributed by atoms with Gasteiger partial charge in [-0.05, 0) is 54.1 Å². The van der Waals surface area contributed by atoms with Gasteiger partial charge in [0.15, 0.2) is 0 Å². The summed E-state index contributed by atoms with van der Waals surface area (Å²) in [5.41, 5.74) is 3.49. The summed E-state index contributed by atoms with van der Waals surface area (Å²) in [5.74, 6) is 0.551. The summed E-state index contributed by atoms with van der Waals surface area (Å²) < 4.78 is 10.9. The van der Waals surface area contributed by atoms with Crippen molar-refractivity contribution < 1.29 is 18.7 Å². The van der Waals surface area contributed by atoms with E-state index in [1.807, 2.05) is 53.4 Å². The molecule has 0 bridgehead atoms. The highest BCUT2D eigenvalue weighted by Gasteiger charge is 2.15.